The minimum atomic E-state index is -0.226. The first kappa shape index (κ1) is 20.8. The zero-order valence-electron chi connectivity index (χ0n) is 15.5. The molecule has 3 N–H and O–H groups in total. The van der Waals surface area contributed by atoms with Crippen molar-refractivity contribution in [3.05, 3.63) is 59.7 Å². The van der Waals surface area contributed by atoms with E-state index >= 15 is 0 Å². The van der Waals surface area contributed by atoms with Crippen LogP contribution in [0.4, 0.5) is 11.4 Å². The number of hydrogen-bond donors (Lipinski definition) is 2. The van der Waals surface area contributed by atoms with E-state index in [1.165, 1.54) is 19.3 Å². The maximum absolute atomic E-state index is 12.7. The van der Waals surface area contributed by atoms with Gasteiger partial charge in [0.2, 0.25) is 0 Å². The van der Waals surface area contributed by atoms with Gasteiger partial charge in [0, 0.05) is 35.6 Å². The monoisotopic (exact) mass is 387 g/mol. The third-order valence-electron chi connectivity index (χ3n) is 4.98. The normalized spacial score (nSPS) is 14.1. The number of carbonyl (C=O) groups excluding carboxylic acids is 2. The third kappa shape index (κ3) is 5.23. The summed E-state index contributed by atoms with van der Waals surface area (Å²) in [5.41, 5.74) is 8.04. The van der Waals surface area contributed by atoms with Crippen LogP contribution in [0.3, 0.4) is 0 Å². The zero-order chi connectivity index (χ0) is 18.5. The molecule has 0 bridgehead atoms. The molecule has 0 heterocycles. The molecule has 1 saturated carbocycles. The summed E-state index contributed by atoms with van der Waals surface area (Å²) in [5.74, 6) is -0.193. The van der Waals surface area contributed by atoms with Gasteiger partial charge in [-0.05, 0) is 55.3 Å². The van der Waals surface area contributed by atoms with Crippen molar-refractivity contribution >= 4 is 35.6 Å². The SMILES string of the molecule is CN(C(=O)c1ccc(NC(=O)c2cccc(N)c2)cc1)C1CCCCC1.Cl. The summed E-state index contributed by atoms with van der Waals surface area (Å²) in [6.45, 7) is 0. The van der Waals surface area contributed by atoms with Gasteiger partial charge in [-0.3, -0.25) is 9.59 Å². The molecule has 0 aromatic heterocycles. The fourth-order valence-electron chi connectivity index (χ4n) is 3.42. The largest absolute Gasteiger partial charge is 0.399 e. The molecular formula is C21H26ClN3O2. The van der Waals surface area contributed by atoms with E-state index in [2.05, 4.69) is 5.32 Å². The molecule has 2 aromatic carbocycles. The van der Waals surface area contributed by atoms with Crippen LogP contribution in [0.5, 0.6) is 0 Å². The van der Waals surface area contributed by atoms with E-state index in [4.69, 9.17) is 5.73 Å². The van der Waals surface area contributed by atoms with E-state index in [0.29, 0.717) is 28.5 Å². The molecule has 1 aliphatic rings. The van der Waals surface area contributed by atoms with Gasteiger partial charge in [-0.15, -0.1) is 12.4 Å². The third-order valence-corrected chi connectivity index (χ3v) is 4.98. The van der Waals surface area contributed by atoms with Gasteiger partial charge in [0.1, 0.15) is 0 Å². The van der Waals surface area contributed by atoms with Crippen LogP contribution in [-0.4, -0.2) is 29.8 Å². The Morgan fingerprint density at radius 3 is 2.30 bits per heavy atom. The lowest BCUT2D eigenvalue weighted by Crippen LogP contribution is -2.38. The van der Waals surface area contributed by atoms with Crippen LogP contribution in [0, 0.1) is 0 Å². The van der Waals surface area contributed by atoms with Crippen molar-refractivity contribution < 1.29 is 9.59 Å². The number of carbonyl (C=O) groups is 2. The van der Waals surface area contributed by atoms with E-state index in [0.717, 1.165) is 12.8 Å². The Balaban J connectivity index is 0.00000261. The van der Waals surface area contributed by atoms with E-state index in [-0.39, 0.29) is 24.2 Å². The van der Waals surface area contributed by atoms with Crippen molar-refractivity contribution in [2.45, 2.75) is 38.1 Å². The van der Waals surface area contributed by atoms with Gasteiger partial charge in [0.15, 0.2) is 0 Å². The molecule has 6 heteroatoms. The van der Waals surface area contributed by atoms with E-state index < -0.39 is 0 Å². The van der Waals surface area contributed by atoms with Crippen molar-refractivity contribution in [2.75, 3.05) is 18.1 Å². The fraction of sp³-hybridized carbons (Fsp3) is 0.333. The number of amides is 2. The molecule has 27 heavy (non-hydrogen) atoms. The highest BCUT2D eigenvalue weighted by Crippen LogP contribution is 2.23. The number of benzene rings is 2. The molecule has 0 saturated heterocycles. The van der Waals surface area contributed by atoms with Crippen molar-refractivity contribution in [1.82, 2.24) is 4.90 Å². The van der Waals surface area contributed by atoms with Crippen LogP contribution in [0.25, 0.3) is 0 Å². The van der Waals surface area contributed by atoms with Gasteiger partial charge < -0.3 is 16.0 Å². The number of halogens is 1. The highest BCUT2D eigenvalue weighted by atomic mass is 35.5. The Morgan fingerprint density at radius 1 is 1.00 bits per heavy atom. The van der Waals surface area contributed by atoms with Crippen molar-refractivity contribution in [1.29, 1.82) is 0 Å². The van der Waals surface area contributed by atoms with Crippen molar-refractivity contribution in [3.63, 3.8) is 0 Å². The first-order chi connectivity index (χ1) is 12.5. The molecule has 2 amide bonds. The smallest absolute Gasteiger partial charge is 0.255 e. The summed E-state index contributed by atoms with van der Waals surface area (Å²) in [6.07, 6.45) is 5.81. The lowest BCUT2D eigenvalue weighted by molar-refractivity contribution is 0.0696. The van der Waals surface area contributed by atoms with Gasteiger partial charge in [-0.2, -0.15) is 0 Å². The van der Waals surface area contributed by atoms with Crippen LogP contribution in [0.15, 0.2) is 48.5 Å². The Hall–Kier alpha value is -2.53. The van der Waals surface area contributed by atoms with E-state index in [1.54, 1.807) is 48.5 Å². The summed E-state index contributed by atoms with van der Waals surface area (Å²) in [4.78, 5) is 26.8. The second-order valence-electron chi connectivity index (χ2n) is 6.86. The number of rotatable bonds is 4. The van der Waals surface area contributed by atoms with Gasteiger partial charge in [-0.25, -0.2) is 0 Å². The maximum atomic E-state index is 12.7. The van der Waals surface area contributed by atoms with Crippen LogP contribution in [-0.2, 0) is 0 Å². The lowest BCUT2D eigenvalue weighted by atomic mass is 9.94. The minimum absolute atomic E-state index is 0. The molecule has 2 aromatic rings. The van der Waals surface area contributed by atoms with Crippen LogP contribution < -0.4 is 11.1 Å². The summed E-state index contributed by atoms with van der Waals surface area (Å²) >= 11 is 0. The Labute approximate surface area is 166 Å². The molecule has 5 nitrogen and oxygen atoms in total. The molecular weight excluding hydrogens is 362 g/mol. The molecule has 1 aliphatic carbocycles. The van der Waals surface area contributed by atoms with Gasteiger partial charge >= 0.3 is 0 Å². The topological polar surface area (TPSA) is 75.4 Å². The number of anilines is 2. The fourth-order valence-corrected chi connectivity index (χ4v) is 3.42. The maximum Gasteiger partial charge on any atom is 0.255 e. The average Bonchev–Trinajstić information content (AvgIpc) is 2.68. The van der Waals surface area contributed by atoms with Gasteiger partial charge in [-0.1, -0.05) is 25.3 Å². The summed E-state index contributed by atoms with van der Waals surface area (Å²) < 4.78 is 0. The second kappa shape index (κ2) is 9.42. The summed E-state index contributed by atoms with van der Waals surface area (Å²) in [6, 6.07) is 14.2. The zero-order valence-corrected chi connectivity index (χ0v) is 16.3. The Bertz CT molecular complexity index is 786. The number of nitrogen functional groups attached to an aromatic ring is 1. The van der Waals surface area contributed by atoms with Crippen molar-refractivity contribution in [2.24, 2.45) is 0 Å². The second-order valence-corrected chi connectivity index (χ2v) is 6.86. The molecule has 0 aliphatic heterocycles. The highest BCUT2D eigenvalue weighted by molar-refractivity contribution is 6.05. The summed E-state index contributed by atoms with van der Waals surface area (Å²) in [5, 5.41) is 2.82. The number of nitrogens with two attached hydrogens (primary N) is 1. The number of hydrogen-bond acceptors (Lipinski definition) is 3. The van der Waals surface area contributed by atoms with E-state index in [9.17, 15) is 9.59 Å². The number of nitrogens with zero attached hydrogens (tertiary/aromatic N) is 1. The molecule has 0 radical (unpaired) electrons. The number of nitrogens with one attached hydrogen (secondary N) is 1. The van der Waals surface area contributed by atoms with Crippen LogP contribution in [0.1, 0.15) is 52.8 Å². The lowest BCUT2D eigenvalue weighted by Gasteiger charge is -2.31. The predicted octanol–water partition coefficient (Wildman–Crippen LogP) is 4.35. The Kier molecular flexibility index (Phi) is 7.25. The van der Waals surface area contributed by atoms with E-state index in [1.807, 2.05) is 11.9 Å². The minimum Gasteiger partial charge on any atom is -0.399 e. The summed E-state index contributed by atoms with van der Waals surface area (Å²) in [7, 11) is 1.88. The quantitative estimate of drug-likeness (QED) is 0.766. The average molecular weight is 388 g/mol. The van der Waals surface area contributed by atoms with Crippen LogP contribution in [0.2, 0.25) is 0 Å². The molecule has 0 spiro atoms. The predicted molar refractivity (Wildman–Crippen MR) is 111 cm³/mol. The molecule has 0 atom stereocenters. The first-order valence-corrected chi connectivity index (χ1v) is 9.09. The van der Waals surface area contributed by atoms with Crippen molar-refractivity contribution in [3.8, 4) is 0 Å². The van der Waals surface area contributed by atoms with Gasteiger partial charge in [0.05, 0.1) is 0 Å². The Morgan fingerprint density at radius 2 is 1.67 bits per heavy atom. The molecule has 1 fully saturated rings. The molecule has 0 unspecified atom stereocenters. The molecule has 144 valence electrons. The first-order valence-electron chi connectivity index (χ1n) is 9.09. The van der Waals surface area contributed by atoms with Crippen LogP contribution >= 0.6 is 12.4 Å². The standard InChI is InChI=1S/C21H25N3O2.ClH/c1-24(19-8-3-2-4-9-19)21(26)15-10-12-18(13-11-15)23-20(25)16-6-5-7-17(22)14-16;/h5-7,10-14,19H,2-4,8-9,22H2,1H3,(H,23,25);1H. The molecule has 3 rings (SSSR count). The highest BCUT2D eigenvalue weighted by Gasteiger charge is 2.22. The van der Waals surface area contributed by atoms with Gasteiger partial charge in [0.25, 0.3) is 11.8 Å².